The van der Waals surface area contributed by atoms with Crippen molar-refractivity contribution < 1.29 is 22.7 Å². The largest absolute Gasteiger partial charge is 0.379 e. The number of aryl methyl sites for hydroxylation is 1. The fraction of sp³-hybridized carbons (Fsp3) is 0.458. The number of carbonyl (C=O) groups is 1. The summed E-state index contributed by atoms with van der Waals surface area (Å²) in [6.45, 7) is 7.62. The fourth-order valence-corrected chi connectivity index (χ4v) is 5.67. The molecular formula is C24H31N3O5S. The summed E-state index contributed by atoms with van der Waals surface area (Å²) in [7, 11) is -3.68. The van der Waals surface area contributed by atoms with E-state index in [0.29, 0.717) is 43.1 Å². The maximum absolute atomic E-state index is 13.1. The lowest BCUT2D eigenvalue weighted by molar-refractivity contribution is 0.0384. The van der Waals surface area contributed by atoms with Crippen molar-refractivity contribution in [1.82, 2.24) is 9.21 Å². The minimum atomic E-state index is -3.68. The van der Waals surface area contributed by atoms with E-state index in [1.165, 1.54) is 15.9 Å². The predicted octanol–water partition coefficient (Wildman–Crippen LogP) is 2.14. The first-order chi connectivity index (χ1) is 15.9. The van der Waals surface area contributed by atoms with Crippen molar-refractivity contribution in [3.63, 3.8) is 0 Å². The molecule has 2 aliphatic rings. The Labute approximate surface area is 195 Å². The van der Waals surface area contributed by atoms with Crippen LogP contribution in [0.25, 0.3) is 0 Å². The number of morpholine rings is 2. The monoisotopic (exact) mass is 473 g/mol. The molecule has 2 aromatic carbocycles. The first-order valence-corrected chi connectivity index (χ1v) is 12.8. The summed E-state index contributed by atoms with van der Waals surface area (Å²) < 4.78 is 38.2. The molecule has 0 bridgehead atoms. The second kappa shape index (κ2) is 10.8. The lowest BCUT2D eigenvalue weighted by Crippen LogP contribution is -2.40. The maximum Gasteiger partial charge on any atom is 0.255 e. The van der Waals surface area contributed by atoms with Crippen LogP contribution in [0.2, 0.25) is 0 Å². The van der Waals surface area contributed by atoms with Crippen LogP contribution in [0, 0.1) is 6.92 Å². The number of nitrogens with one attached hydrogen (secondary N) is 1. The zero-order valence-corrected chi connectivity index (χ0v) is 19.8. The minimum Gasteiger partial charge on any atom is -0.379 e. The lowest BCUT2D eigenvalue weighted by Gasteiger charge is -2.26. The van der Waals surface area contributed by atoms with Gasteiger partial charge in [0.05, 0.1) is 31.3 Å². The number of amides is 1. The maximum atomic E-state index is 13.1. The van der Waals surface area contributed by atoms with Gasteiger partial charge in [-0.15, -0.1) is 0 Å². The van der Waals surface area contributed by atoms with E-state index < -0.39 is 10.0 Å². The molecule has 0 radical (unpaired) electrons. The number of carbonyl (C=O) groups excluding carboxylic acids is 1. The molecule has 0 spiro atoms. The lowest BCUT2D eigenvalue weighted by atomic mass is 10.1. The second-order valence-corrected chi connectivity index (χ2v) is 10.3. The summed E-state index contributed by atoms with van der Waals surface area (Å²) in [5.74, 6) is -0.338. The van der Waals surface area contributed by atoms with E-state index in [1.807, 2.05) is 24.3 Å². The summed E-state index contributed by atoms with van der Waals surface area (Å²) in [5, 5.41) is 2.87. The van der Waals surface area contributed by atoms with E-state index in [2.05, 4.69) is 10.2 Å². The van der Waals surface area contributed by atoms with Crippen molar-refractivity contribution in [2.24, 2.45) is 0 Å². The number of benzene rings is 2. The van der Waals surface area contributed by atoms with Crippen LogP contribution in [-0.2, 0) is 25.9 Å². The standard InChI is InChI=1S/C24H31N3O5S/c1-19-2-5-21(18-23(19)33(29,30)27-12-16-32-17-13-27)24(28)25-22-6-3-20(4-7-22)8-9-26-10-14-31-15-11-26/h2-7,18H,8-17H2,1H3,(H,25,28). The molecule has 9 heteroatoms. The van der Waals surface area contributed by atoms with Crippen molar-refractivity contribution >= 4 is 21.6 Å². The average Bonchev–Trinajstić information content (AvgIpc) is 2.85. The van der Waals surface area contributed by atoms with Gasteiger partial charge in [0.15, 0.2) is 0 Å². The highest BCUT2D eigenvalue weighted by atomic mass is 32.2. The number of ether oxygens (including phenoxy) is 2. The summed E-state index contributed by atoms with van der Waals surface area (Å²) >= 11 is 0. The van der Waals surface area contributed by atoms with Crippen molar-refractivity contribution in [2.45, 2.75) is 18.2 Å². The summed E-state index contributed by atoms with van der Waals surface area (Å²) in [4.78, 5) is 15.4. The number of hydrogen-bond acceptors (Lipinski definition) is 6. The quantitative estimate of drug-likeness (QED) is 0.663. The van der Waals surface area contributed by atoms with Gasteiger partial charge in [0.2, 0.25) is 10.0 Å². The Hall–Kier alpha value is -2.30. The van der Waals surface area contributed by atoms with E-state index in [4.69, 9.17) is 9.47 Å². The van der Waals surface area contributed by atoms with Gasteiger partial charge in [-0.1, -0.05) is 18.2 Å². The predicted molar refractivity (Wildman–Crippen MR) is 126 cm³/mol. The molecule has 2 heterocycles. The van der Waals surface area contributed by atoms with E-state index in [1.54, 1.807) is 19.1 Å². The molecule has 2 aliphatic heterocycles. The van der Waals surface area contributed by atoms with Gasteiger partial charge < -0.3 is 14.8 Å². The minimum absolute atomic E-state index is 0.163. The molecule has 2 fully saturated rings. The van der Waals surface area contributed by atoms with Gasteiger partial charge in [-0.2, -0.15) is 4.31 Å². The first kappa shape index (κ1) is 23.8. The molecule has 0 unspecified atom stereocenters. The number of sulfonamides is 1. The molecule has 2 saturated heterocycles. The molecule has 2 aromatic rings. The molecule has 0 aromatic heterocycles. The third-order valence-corrected chi connectivity index (χ3v) is 8.11. The summed E-state index contributed by atoms with van der Waals surface area (Å²) in [6, 6.07) is 12.6. The third-order valence-electron chi connectivity index (χ3n) is 6.07. The average molecular weight is 474 g/mol. The van der Waals surface area contributed by atoms with Gasteiger partial charge in [0, 0.05) is 44.0 Å². The van der Waals surface area contributed by atoms with Crippen LogP contribution >= 0.6 is 0 Å². The number of hydrogen-bond donors (Lipinski definition) is 1. The normalized spacial score (nSPS) is 18.2. The van der Waals surface area contributed by atoms with E-state index in [9.17, 15) is 13.2 Å². The third kappa shape index (κ3) is 5.99. The van der Waals surface area contributed by atoms with E-state index in [-0.39, 0.29) is 10.8 Å². The topological polar surface area (TPSA) is 88.2 Å². The number of anilines is 1. The van der Waals surface area contributed by atoms with Crippen LogP contribution in [0.5, 0.6) is 0 Å². The van der Waals surface area contributed by atoms with E-state index >= 15 is 0 Å². The van der Waals surface area contributed by atoms with Crippen LogP contribution in [0.1, 0.15) is 21.5 Å². The Morgan fingerprint density at radius 2 is 1.58 bits per heavy atom. The van der Waals surface area contributed by atoms with E-state index in [0.717, 1.165) is 39.3 Å². The first-order valence-electron chi connectivity index (χ1n) is 11.3. The van der Waals surface area contributed by atoms with Crippen LogP contribution in [0.15, 0.2) is 47.4 Å². The fourth-order valence-electron chi connectivity index (χ4n) is 4.02. The van der Waals surface area contributed by atoms with Crippen LogP contribution in [-0.4, -0.2) is 82.7 Å². The highest BCUT2D eigenvalue weighted by Gasteiger charge is 2.28. The van der Waals surface area contributed by atoms with Crippen molar-refractivity contribution in [1.29, 1.82) is 0 Å². The van der Waals surface area contributed by atoms with Crippen molar-refractivity contribution in [3.8, 4) is 0 Å². The zero-order chi connectivity index (χ0) is 23.3. The number of rotatable bonds is 7. The highest BCUT2D eigenvalue weighted by molar-refractivity contribution is 7.89. The van der Waals surface area contributed by atoms with Gasteiger partial charge in [0.25, 0.3) is 5.91 Å². The Bertz CT molecular complexity index is 1060. The van der Waals surface area contributed by atoms with Gasteiger partial charge in [0.1, 0.15) is 0 Å². The molecule has 178 valence electrons. The SMILES string of the molecule is Cc1ccc(C(=O)Nc2ccc(CCN3CCOCC3)cc2)cc1S(=O)(=O)N1CCOCC1. The molecular weight excluding hydrogens is 442 g/mol. The zero-order valence-electron chi connectivity index (χ0n) is 19.0. The van der Waals surface area contributed by atoms with Crippen molar-refractivity contribution in [3.05, 3.63) is 59.2 Å². The van der Waals surface area contributed by atoms with Gasteiger partial charge >= 0.3 is 0 Å². The molecule has 1 amide bonds. The van der Waals surface area contributed by atoms with Crippen LogP contribution in [0.4, 0.5) is 5.69 Å². The molecule has 1 N–H and O–H groups in total. The molecule has 0 atom stereocenters. The number of nitrogens with zero attached hydrogens (tertiary/aromatic N) is 2. The Morgan fingerprint density at radius 1 is 0.939 bits per heavy atom. The Kier molecular flexibility index (Phi) is 7.77. The van der Waals surface area contributed by atoms with Gasteiger partial charge in [-0.25, -0.2) is 8.42 Å². The molecule has 8 nitrogen and oxygen atoms in total. The van der Waals surface area contributed by atoms with Gasteiger partial charge in [-0.3, -0.25) is 9.69 Å². The smallest absolute Gasteiger partial charge is 0.255 e. The molecule has 0 aliphatic carbocycles. The molecule has 33 heavy (non-hydrogen) atoms. The second-order valence-electron chi connectivity index (χ2n) is 8.35. The highest BCUT2D eigenvalue weighted by Crippen LogP contribution is 2.23. The Balaban J connectivity index is 1.40. The van der Waals surface area contributed by atoms with Crippen LogP contribution in [0.3, 0.4) is 0 Å². The Morgan fingerprint density at radius 3 is 2.24 bits per heavy atom. The van der Waals surface area contributed by atoms with Crippen LogP contribution < -0.4 is 5.32 Å². The molecule has 4 rings (SSSR count). The summed E-state index contributed by atoms with van der Waals surface area (Å²) in [5.41, 5.74) is 2.80. The van der Waals surface area contributed by atoms with Gasteiger partial charge in [-0.05, 0) is 48.7 Å². The van der Waals surface area contributed by atoms with Crippen molar-refractivity contribution in [2.75, 3.05) is 64.5 Å². The summed E-state index contributed by atoms with van der Waals surface area (Å²) in [6.07, 6.45) is 0.939. The molecule has 0 saturated carbocycles.